The highest BCUT2D eigenvalue weighted by atomic mass is 35.5. The van der Waals surface area contributed by atoms with Crippen LogP contribution in [0.25, 0.3) is 16.8 Å². The second kappa shape index (κ2) is 10.5. The normalized spacial score (nSPS) is 12.6. The maximum Gasteiger partial charge on any atom is 0.444 e. The first kappa shape index (κ1) is 24.2. The van der Waals surface area contributed by atoms with E-state index >= 15 is 0 Å². The fraction of sp³-hybridized carbons (Fsp3) is 0.182. The van der Waals surface area contributed by atoms with Gasteiger partial charge in [-0.05, 0) is 30.3 Å². The van der Waals surface area contributed by atoms with Gasteiger partial charge in [-0.15, -0.1) is 11.3 Å². The highest BCUT2D eigenvalue weighted by Crippen LogP contribution is 2.35. The number of nitrogens with zero attached hydrogens (tertiary/aromatic N) is 2. The minimum Gasteiger partial charge on any atom is -0.493 e. The zero-order valence-corrected chi connectivity index (χ0v) is 18.9. The molecule has 6 nitrogen and oxygen atoms in total. The van der Waals surface area contributed by atoms with Crippen LogP contribution in [0.5, 0.6) is 17.2 Å². The molecule has 1 aromatic heterocycles. The van der Waals surface area contributed by atoms with Crippen LogP contribution < -0.4 is 19.5 Å². The van der Waals surface area contributed by atoms with Crippen molar-refractivity contribution in [3.8, 4) is 34.6 Å². The topological polar surface area (TPSA) is 76.4 Å². The second-order valence-electron chi connectivity index (χ2n) is 6.38. The summed E-state index contributed by atoms with van der Waals surface area (Å²) in [6.45, 7) is 0. The minimum atomic E-state index is -4.23. The highest BCUT2D eigenvalue weighted by Gasteiger charge is 2.42. The van der Waals surface area contributed by atoms with Crippen molar-refractivity contribution in [3.63, 3.8) is 0 Å². The molecule has 0 amide bonds. The lowest BCUT2D eigenvalue weighted by Crippen LogP contribution is -2.33. The molecule has 0 spiro atoms. The van der Waals surface area contributed by atoms with Crippen molar-refractivity contribution in [2.24, 2.45) is 0 Å². The predicted octanol–water partition coefficient (Wildman–Crippen LogP) is 6.31. The number of aromatic nitrogens is 1. The standard InChI is InChI=1S/C22H17ClF3N3O3S/c1-30-18-8-7-13(9-19(18)31-2)16-12-33-20(29-16)14(10-27)11-28-15-5-3-4-6-17(15)32-22(25,26)21(23)24/h3-9,11-12,21,28H,1-2H3. The van der Waals surface area contributed by atoms with E-state index in [1.807, 2.05) is 6.07 Å². The predicted molar refractivity (Wildman–Crippen MR) is 121 cm³/mol. The summed E-state index contributed by atoms with van der Waals surface area (Å²) < 4.78 is 55.0. The molecule has 1 atom stereocenters. The van der Waals surface area contributed by atoms with E-state index in [-0.39, 0.29) is 17.0 Å². The Kier molecular flexibility index (Phi) is 7.68. The fourth-order valence-electron chi connectivity index (χ4n) is 2.68. The van der Waals surface area contributed by atoms with Gasteiger partial charge in [0.2, 0.25) is 0 Å². The van der Waals surface area contributed by atoms with Crippen LogP contribution >= 0.6 is 22.9 Å². The summed E-state index contributed by atoms with van der Waals surface area (Å²) in [7, 11) is 3.06. The minimum absolute atomic E-state index is 0.0823. The Morgan fingerprint density at radius 1 is 1.18 bits per heavy atom. The maximum atomic E-state index is 13.6. The molecule has 0 saturated carbocycles. The molecule has 3 rings (SSSR count). The van der Waals surface area contributed by atoms with E-state index < -0.39 is 11.7 Å². The van der Waals surface area contributed by atoms with Crippen molar-refractivity contribution < 1.29 is 27.4 Å². The zero-order valence-electron chi connectivity index (χ0n) is 17.3. The first-order valence-corrected chi connectivity index (χ1v) is 10.6. The molecule has 1 unspecified atom stereocenters. The monoisotopic (exact) mass is 495 g/mol. The summed E-state index contributed by atoms with van der Waals surface area (Å²) in [4.78, 5) is 4.47. The van der Waals surface area contributed by atoms with Gasteiger partial charge in [0.25, 0.3) is 5.63 Å². The van der Waals surface area contributed by atoms with Crippen LogP contribution in [0.15, 0.2) is 54.0 Å². The Hall–Kier alpha value is -3.42. The third-order valence-electron chi connectivity index (χ3n) is 4.29. The summed E-state index contributed by atoms with van der Waals surface area (Å²) in [5, 5.41) is 14.5. The number of thiazole rings is 1. The number of ether oxygens (including phenoxy) is 3. The van der Waals surface area contributed by atoms with Crippen LogP contribution in [0, 0.1) is 11.3 Å². The maximum absolute atomic E-state index is 13.6. The SMILES string of the molecule is COc1ccc(-c2csc(C(C#N)=CNc3ccccc3OC(F)(F)C(F)Cl)n2)cc1OC. The number of nitrogens with one attached hydrogen (secondary N) is 1. The molecule has 0 saturated heterocycles. The molecule has 1 heterocycles. The Balaban J connectivity index is 1.84. The summed E-state index contributed by atoms with van der Waals surface area (Å²) in [5.41, 5.74) is -1.44. The van der Waals surface area contributed by atoms with Gasteiger partial charge >= 0.3 is 6.11 Å². The average molecular weight is 496 g/mol. The van der Waals surface area contributed by atoms with E-state index in [1.165, 1.54) is 50.0 Å². The van der Waals surface area contributed by atoms with Crippen molar-refractivity contribution >= 4 is 34.2 Å². The summed E-state index contributed by atoms with van der Waals surface area (Å²) in [6, 6.07) is 12.9. The van der Waals surface area contributed by atoms with Crippen LogP contribution in [-0.2, 0) is 0 Å². The number of halogens is 4. The molecule has 0 fully saturated rings. The summed E-state index contributed by atoms with van der Waals surface area (Å²) in [5.74, 6) is 0.755. The van der Waals surface area contributed by atoms with Crippen molar-refractivity contribution in [2.75, 3.05) is 19.5 Å². The molecule has 0 radical (unpaired) electrons. The number of nitriles is 1. The van der Waals surface area contributed by atoms with Crippen LogP contribution in [0.4, 0.5) is 18.9 Å². The van der Waals surface area contributed by atoms with Gasteiger partial charge in [-0.2, -0.15) is 14.0 Å². The van der Waals surface area contributed by atoms with Gasteiger partial charge in [0.05, 0.1) is 25.6 Å². The van der Waals surface area contributed by atoms with Gasteiger partial charge in [0.1, 0.15) is 22.4 Å². The number of allylic oxidation sites excluding steroid dienone is 1. The smallest absolute Gasteiger partial charge is 0.444 e. The van der Waals surface area contributed by atoms with Crippen LogP contribution in [0.2, 0.25) is 0 Å². The Morgan fingerprint density at radius 2 is 1.91 bits per heavy atom. The van der Waals surface area contributed by atoms with Crippen LogP contribution in [0.3, 0.4) is 0 Å². The van der Waals surface area contributed by atoms with Crippen LogP contribution in [-0.4, -0.2) is 30.9 Å². The Morgan fingerprint density at radius 3 is 2.58 bits per heavy atom. The summed E-state index contributed by atoms with van der Waals surface area (Å²) >= 11 is 6.07. The Bertz CT molecular complexity index is 1190. The molecule has 1 N–H and O–H groups in total. The third kappa shape index (κ3) is 5.69. The number of rotatable bonds is 9. The second-order valence-corrected chi connectivity index (χ2v) is 7.62. The number of methoxy groups -OCH3 is 2. The molecule has 0 aliphatic rings. The van der Waals surface area contributed by atoms with Gasteiger partial charge < -0.3 is 19.5 Å². The first-order chi connectivity index (χ1) is 15.8. The van der Waals surface area contributed by atoms with Crippen LogP contribution in [0.1, 0.15) is 5.01 Å². The fourth-order valence-corrected chi connectivity index (χ4v) is 3.52. The summed E-state index contributed by atoms with van der Waals surface area (Å²) in [6.07, 6.45) is -2.93. The highest BCUT2D eigenvalue weighted by molar-refractivity contribution is 7.11. The van der Waals surface area contributed by atoms with Crippen molar-refractivity contribution in [1.29, 1.82) is 5.26 Å². The molecule has 172 valence electrons. The number of hydrogen-bond acceptors (Lipinski definition) is 7. The van der Waals surface area contributed by atoms with E-state index in [1.54, 1.807) is 29.6 Å². The van der Waals surface area contributed by atoms with Gasteiger partial charge in [0, 0.05) is 17.1 Å². The molecule has 11 heteroatoms. The van der Waals surface area contributed by atoms with Crippen molar-refractivity contribution in [1.82, 2.24) is 4.98 Å². The largest absolute Gasteiger partial charge is 0.493 e. The van der Waals surface area contributed by atoms with Crippen molar-refractivity contribution in [3.05, 3.63) is 59.1 Å². The van der Waals surface area contributed by atoms with E-state index in [0.717, 1.165) is 5.56 Å². The lowest BCUT2D eigenvalue weighted by atomic mass is 10.1. The van der Waals surface area contributed by atoms with Crippen molar-refractivity contribution in [2.45, 2.75) is 11.7 Å². The number of para-hydroxylation sites is 2. The van der Waals surface area contributed by atoms with Gasteiger partial charge in [0.15, 0.2) is 11.5 Å². The van der Waals surface area contributed by atoms with Gasteiger partial charge in [-0.3, -0.25) is 0 Å². The average Bonchev–Trinajstić information content (AvgIpc) is 3.29. The van der Waals surface area contributed by atoms with Gasteiger partial charge in [-0.25, -0.2) is 9.37 Å². The quantitative estimate of drug-likeness (QED) is 0.277. The van der Waals surface area contributed by atoms with E-state index in [0.29, 0.717) is 22.2 Å². The van der Waals surface area contributed by atoms with Gasteiger partial charge in [-0.1, -0.05) is 23.7 Å². The molecular weight excluding hydrogens is 479 g/mol. The van der Waals surface area contributed by atoms with E-state index in [2.05, 4.69) is 15.0 Å². The lowest BCUT2D eigenvalue weighted by molar-refractivity contribution is -0.198. The molecule has 0 aliphatic heterocycles. The molecule has 2 aromatic carbocycles. The number of anilines is 1. The van der Waals surface area contributed by atoms with E-state index in [9.17, 15) is 18.4 Å². The zero-order chi connectivity index (χ0) is 24.0. The molecule has 33 heavy (non-hydrogen) atoms. The third-order valence-corrected chi connectivity index (χ3v) is 5.42. The molecule has 0 aliphatic carbocycles. The Labute approximate surface area is 196 Å². The molecular formula is C22H17ClF3N3O3S. The number of alkyl halides is 4. The molecule has 0 bridgehead atoms. The lowest BCUT2D eigenvalue weighted by Gasteiger charge is -2.19. The molecule has 3 aromatic rings. The first-order valence-electron chi connectivity index (χ1n) is 9.28. The van der Waals surface area contributed by atoms with E-state index in [4.69, 9.17) is 21.1 Å². The number of benzene rings is 2. The number of hydrogen-bond donors (Lipinski definition) is 1.